The van der Waals surface area contributed by atoms with Crippen molar-refractivity contribution in [3.05, 3.63) is 72.3 Å². The van der Waals surface area contributed by atoms with Crippen LogP contribution in [0.1, 0.15) is 38.2 Å². The van der Waals surface area contributed by atoms with Gasteiger partial charge in [0.2, 0.25) is 5.91 Å². The van der Waals surface area contributed by atoms with Crippen molar-refractivity contribution < 1.29 is 14.4 Å². The van der Waals surface area contributed by atoms with Crippen LogP contribution >= 0.6 is 0 Å². The highest BCUT2D eigenvalue weighted by atomic mass is 16.2. The molecule has 180 valence electrons. The molecule has 0 unspecified atom stereocenters. The van der Waals surface area contributed by atoms with Gasteiger partial charge in [-0.25, -0.2) is 4.79 Å². The van der Waals surface area contributed by atoms with Crippen molar-refractivity contribution in [1.29, 1.82) is 0 Å². The molecule has 2 fully saturated rings. The number of nitrogens with one attached hydrogen (secondary N) is 2. The fourth-order valence-electron chi connectivity index (χ4n) is 4.97. The van der Waals surface area contributed by atoms with Crippen molar-refractivity contribution in [2.45, 2.75) is 38.1 Å². The van der Waals surface area contributed by atoms with Crippen LogP contribution in [0.5, 0.6) is 0 Å². The highest BCUT2D eigenvalue weighted by Gasteiger charge is 2.49. The van der Waals surface area contributed by atoms with Crippen molar-refractivity contribution in [2.24, 2.45) is 0 Å². The molecule has 2 N–H and O–H groups in total. The highest BCUT2D eigenvalue weighted by molar-refractivity contribution is 6.10. The molecule has 3 aromatic rings. The van der Waals surface area contributed by atoms with E-state index in [1.165, 1.54) is 25.7 Å². The lowest BCUT2D eigenvalue weighted by Crippen LogP contribution is -2.42. The molecule has 0 bridgehead atoms. The molecular weight excluding hydrogens is 440 g/mol. The van der Waals surface area contributed by atoms with E-state index in [1.807, 2.05) is 66.7 Å². The van der Waals surface area contributed by atoms with Gasteiger partial charge in [-0.05, 0) is 66.4 Å². The topological polar surface area (TPSA) is 81.8 Å². The number of hydrogen-bond donors (Lipinski definition) is 2. The van der Waals surface area contributed by atoms with Gasteiger partial charge < -0.3 is 15.5 Å². The molecular formula is C28H30N4O3. The average molecular weight is 471 g/mol. The summed E-state index contributed by atoms with van der Waals surface area (Å²) < 4.78 is 0. The third-order valence-corrected chi connectivity index (χ3v) is 7.03. The van der Waals surface area contributed by atoms with Gasteiger partial charge in [0.05, 0.1) is 0 Å². The molecule has 0 aromatic heterocycles. The van der Waals surface area contributed by atoms with E-state index in [2.05, 4.69) is 15.5 Å². The van der Waals surface area contributed by atoms with Crippen LogP contribution in [0.3, 0.4) is 0 Å². The number of amides is 4. The summed E-state index contributed by atoms with van der Waals surface area (Å²) >= 11 is 0. The number of hydrogen-bond acceptors (Lipinski definition) is 4. The van der Waals surface area contributed by atoms with Crippen molar-refractivity contribution in [1.82, 2.24) is 10.2 Å². The number of carbonyl (C=O) groups excluding carboxylic acids is 3. The quantitative estimate of drug-likeness (QED) is 0.533. The third kappa shape index (κ3) is 4.58. The smallest absolute Gasteiger partial charge is 0.325 e. The number of carbonyl (C=O) groups is 3. The van der Waals surface area contributed by atoms with Gasteiger partial charge >= 0.3 is 6.03 Å². The lowest BCUT2D eigenvalue weighted by atomic mass is 9.90. The average Bonchev–Trinajstić information content (AvgIpc) is 3.06. The molecule has 3 aromatic carbocycles. The Balaban J connectivity index is 1.25. The Bertz CT molecular complexity index is 1260. The number of benzene rings is 3. The number of rotatable bonds is 5. The van der Waals surface area contributed by atoms with E-state index in [4.69, 9.17) is 0 Å². The molecule has 2 aliphatic heterocycles. The maximum absolute atomic E-state index is 13.3. The molecule has 2 aliphatic rings. The van der Waals surface area contributed by atoms with E-state index >= 15 is 0 Å². The number of anilines is 2. The van der Waals surface area contributed by atoms with E-state index in [0.29, 0.717) is 11.3 Å². The van der Waals surface area contributed by atoms with Crippen LogP contribution in [-0.4, -0.2) is 42.4 Å². The van der Waals surface area contributed by atoms with Gasteiger partial charge in [-0.3, -0.25) is 14.5 Å². The number of fused-ring (bicyclic) bond motifs is 1. The van der Waals surface area contributed by atoms with Crippen LogP contribution in [0.2, 0.25) is 0 Å². The zero-order valence-corrected chi connectivity index (χ0v) is 19.9. The molecule has 7 heteroatoms. The minimum Gasteiger partial charge on any atom is -0.372 e. The normalized spacial score (nSPS) is 20.6. The van der Waals surface area contributed by atoms with Crippen molar-refractivity contribution >= 4 is 40.0 Å². The highest BCUT2D eigenvalue weighted by Crippen LogP contribution is 2.31. The first-order valence-corrected chi connectivity index (χ1v) is 12.2. The minimum atomic E-state index is -1.23. The fraction of sp³-hybridized carbons (Fsp3) is 0.321. The summed E-state index contributed by atoms with van der Waals surface area (Å²) in [5, 5.41) is 7.62. The van der Waals surface area contributed by atoms with Crippen molar-refractivity contribution in [3.63, 3.8) is 0 Å². The van der Waals surface area contributed by atoms with E-state index in [0.717, 1.165) is 34.4 Å². The van der Waals surface area contributed by atoms with Gasteiger partial charge in [-0.15, -0.1) is 0 Å². The maximum Gasteiger partial charge on any atom is 0.325 e. The summed E-state index contributed by atoms with van der Waals surface area (Å²) in [7, 11) is 0. The Hall–Kier alpha value is -3.87. The first-order chi connectivity index (χ1) is 16.9. The lowest BCUT2D eigenvalue weighted by molar-refractivity contribution is -0.133. The summed E-state index contributed by atoms with van der Waals surface area (Å²) in [6.45, 7) is 3.43. The number of imide groups is 1. The Labute approximate surface area is 205 Å². The van der Waals surface area contributed by atoms with E-state index in [1.54, 1.807) is 6.92 Å². The van der Waals surface area contributed by atoms with Crippen LogP contribution in [0, 0.1) is 0 Å². The molecule has 5 rings (SSSR count). The van der Waals surface area contributed by atoms with Crippen LogP contribution in [0.25, 0.3) is 10.8 Å². The van der Waals surface area contributed by atoms with E-state index in [-0.39, 0.29) is 6.54 Å². The van der Waals surface area contributed by atoms with Crippen LogP contribution in [0.4, 0.5) is 16.2 Å². The molecule has 0 spiro atoms. The van der Waals surface area contributed by atoms with Gasteiger partial charge in [0.1, 0.15) is 12.1 Å². The Morgan fingerprint density at radius 3 is 2.31 bits per heavy atom. The molecule has 7 nitrogen and oxygen atoms in total. The summed E-state index contributed by atoms with van der Waals surface area (Å²) in [6.07, 6.45) is 4.94. The van der Waals surface area contributed by atoms with E-state index in [9.17, 15) is 14.4 Å². The summed E-state index contributed by atoms with van der Waals surface area (Å²) in [5.74, 6) is -0.858. The summed E-state index contributed by atoms with van der Waals surface area (Å²) in [4.78, 5) is 42.0. The van der Waals surface area contributed by atoms with Gasteiger partial charge in [0.15, 0.2) is 0 Å². The minimum absolute atomic E-state index is 0.346. The molecule has 0 saturated carbocycles. The van der Waals surface area contributed by atoms with Crippen LogP contribution in [0.15, 0.2) is 66.7 Å². The largest absolute Gasteiger partial charge is 0.372 e. The second kappa shape index (κ2) is 9.41. The lowest BCUT2D eigenvalue weighted by Gasteiger charge is -2.23. The van der Waals surface area contributed by atoms with Crippen molar-refractivity contribution in [3.8, 4) is 0 Å². The summed E-state index contributed by atoms with van der Waals surface area (Å²) in [5.41, 5.74) is 1.24. The molecule has 4 amide bonds. The van der Waals surface area contributed by atoms with Crippen LogP contribution in [-0.2, 0) is 15.1 Å². The van der Waals surface area contributed by atoms with E-state index < -0.39 is 23.4 Å². The first kappa shape index (κ1) is 22.9. The SMILES string of the molecule is C[C@@]1(c2ccc3ccccc3c2)NC(=O)N(CC(=O)Nc2ccc(N3CCCCCC3)cc2)C1=O. The monoisotopic (exact) mass is 470 g/mol. The predicted molar refractivity (Wildman–Crippen MR) is 137 cm³/mol. The number of urea groups is 1. The van der Waals surface area contributed by atoms with Gasteiger partial charge in [0.25, 0.3) is 5.91 Å². The standard InChI is InChI=1S/C28H30N4O3/c1-28(22-11-10-20-8-4-5-9-21(20)18-22)26(34)32(27(35)30-28)19-25(33)29-23-12-14-24(15-13-23)31-16-6-2-3-7-17-31/h4-5,8-15,18H,2-3,6-7,16-17,19H2,1H3,(H,29,33)(H,30,35)/t28-/m0/s1. The number of nitrogens with zero attached hydrogens (tertiary/aromatic N) is 2. The molecule has 0 radical (unpaired) electrons. The Kier molecular flexibility index (Phi) is 6.16. The van der Waals surface area contributed by atoms with Crippen molar-refractivity contribution in [2.75, 3.05) is 29.9 Å². The third-order valence-electron chi connectivity index (χ3n) is 7.03. The molecule has 1 atom stereocenters. The summed E-state index contributed by atoms with van der Waals surface area (Å²) in [6, 6.07) is 20.7. The zero-order chi connectivity index (χ0) is 24.4. The first-order valence-electron chi connectivity index (χ1n) is 12.2. The van der Waals surface area contributed by atoms with Crippen LogP contribution < -0.4 is 15.5 Å². The van der Waals surface area contributed by atoms with Gasteiger partial charge in [-0.2, -0.15) is 0 Å². The molecule has 35 heavy (non-hydrogen) atoms. The fourth-order valence-corrected chi connectivity index (χ4v) is 4.97. The Morgan fingerprint density at radius 2 is 1.60 bits per heavy atom. The predicted octanol–water partition coefficient (Wildman–Crippen LogP) is 4.63. The second-order valence-electron chi connectivity index (χ2n) is 9.50. The molecule has 2 saturated heterocycles. The van der Waals surface area contributed by atoms with Gasteiger partial charge in [-0.1, -0.05) is 49.2 Å². The Morgan fingerprint density at radius 1 is 0.914 bits per heavy atom. The molecule has 2 heterocycles. The van der Waals surface area contributed by atoms with Gasteiger partial charge in [0, 0.05) is 24.5 Å². The molecule has 0 aliphatic carbocycles. The maximum atomic E-state index is 13.3. The zero-order valence-electron chi connectivity index (χ0n) is 19.9. The second-order valence-corrected chi connectivity index (χ2v) is 9.50.